The van der Waals surface area contributed by atoms with Gasteiger partial charge in [-0.1, -0.05) is 17.8 Å². The van der Waals surface area contributed by atoms with Crippen molar-refractivity contribution < 1.29 is 9.13 Å². The summed E-state index contributed by atoms with van der Waals surface area (Å²) in [7, 11) is 0. The van der Waals surface area contributed by atoms with Gasteiger partial charge >= 0.3 is 0 Å². The Kier molecular flexibility index (Phi) is 3.77. The van der Waals surface area contributed by atoms with Crippen LogP contribution in [0.3, 0.4) is 0 Å². The van der Waals surface area contributed by atoms with Crippen molar-refractivity contribution in [3.8, 4) is 5.75 Å². The minimum atomic E-state index is -0.295. The van der Waals surface area contributed by atoms with Crippen molar-refractivity contribution in [2.75, 3.05) is 18.1 Å². The van der Waals surface area contributed by atoms with Crippen LogP contribution < -0.4 is 10.5 Å². The van der Waals surface area contributed by atoms with E-state index in [4.69, 9.17) is 10.5 Å². The Morgan fingerprint density at radius 3 is 3.00 bits per heavy atom. The first kappa shape index (κ1) is 13.2. The molecule has 2 N–H and O–H groups in total. The number of anilines is 1. The van der Waals surface area contributed by atoms with Crippen molar-refractivity contribution >= 4 is 17.7 Å². The van der Waals surface area contributed by atoms with Crippen molar-refractivity contribution in [2.24, 2.45) is 0 Å². The maximum absolute atomic E-state index is 13.0. The highest BCUT2D eigenvalue weighted by molar-refractivity contribution is 7.99. The number of hydrogen-bond acceptors (Lipinski definition) is 5. The van der Waals surface area contributed by atoms with Crippen molar-refractivity contribution in [3.05, 3.63) is 30.1 Å². The molecule has 2 aromatic rings. The van der Waals surface area contributed by atoms with E-state index in [1.807, 2.05) is 4.57 Å². The van der Waals surface area contributed by atoms with Crippen LogP contribution in [0.1, 0.15) is 18.9 Å². The number of nitrogens with zero attached hydrogens (tertiary/aromatic N) is 3. The van der Waals surface area contributed by atoms with Gasteiger partial charge in [-0.2, -0.15) is 0 Å². The predicted molar refractivity (Wildman–Crippen MR) is 75.3 cm³/mol. The lowest BCUT2D eigenvalue weighted by Gasteiger charge is -2.07. The maximum atomic E-state index is 13.0. The van der Waals surface area contributed by atoms with E-state index in [1.165, 1.54) is 12.1 Å². The van der Waals surface area contributed by atoms with E-state index in [1.54, 1.807) is 23.9 Å². The first-order valence-corrected chi connectivity index (χ1v) is 7.44. The third kappa shape index (κ3) is 3.04. The summed E-state index contributed by atoms with van der Waals surface area (Å²) in [6.45, 7) is 0.478. The summed E-state index contributed by atoms with van der Waals surface area (Å²) in [4.78, 5) is 0. The van der Waals surface area contributed by atoms with Gasteiger partial charge in [0.15, 0.2) is 5.16 Å². The van der Waals surface area contributed by atoms with E-state index in [-0.39, 0.29) is 5.82 Å². The van der Waals surface area contributed by atoms with Crippen LogP contribution in [0.25, 0.3) is 0 Å². The molecule has 0 bridgehead atoms. The molecule has 0 amide bonds. The standard InChI is InChI=1S/C13H15FN4OS/c14-9-2-1-3-11(8-9)19-6-7-20-13-17-16-12(15)18(13)10-4-5-10/h1-3,8,10H,4-7H2,(H2,15,16). The molecule has 0 radical (unpaired) electrons. The SMILES string of the molecule is Nc1nnc(SCCOc2cccc(F)c2)n1C1CC1. The van der Waals surface area contributed by atoms with Gasteiger partial charge in [-0.3, -0.25) is 4.57 Å². The smallest absolute Gasteiger partial charge is 0.222 e. The summed E-state index contributed by atoms with van der Waals surface area (Å²) in [6.07, 6.45) is 2.27. The molecule has 0 atom stereocenters. The lowest BCUT2D eigenvalue weighted by molar-refractivity contribution is 0.341. The van der Waals surface area contributed by atoms with Crippen LogP contribution in [0.2, 0.25) is 0 Å². The summed E-state index contributed by atoms with van der Waals surface area (Å²) in [5, 5.41) is 8.80. The zero-order valence-electron chi connectivity index (χ0n) is 10.8. The number of halogens is 1. The Balaban J connectivity index is 1.50. The summed E-state index contributed by atoms with van der Waals surface area (Å²) in [5.41, 5.74) is 5.80. The monoisotopic (exact) mass is 294 g/mol. The van der Waals surface area contributed by atoms with Crippen LogP contribution in [0, 0.1) is 5.82 Å². The number of thioether (sulfide) groups is 1. The molecular weight excluding hydrogens is 279 g/mol. The lowest BCUT2D eigenvalue weighted by Crippen LogP contribution is -2.04. The number of hydrogen-bond donors (Lipinski definition) is 1. The van der Waals surface area contributed by atoms with Crippen LogP contribution in [-0.4, -0.2) is 27.1 Å². The van der Waals surface area contributed by atoms with Gasteiger partial charge in [-0.05, 0) is 25.0 Å². The summed E-state index contributed by atoms with van der Waals surface area (Å²) < 4.78 is 20.4. The molecule has 0 aliphatic heterocycles. The predicted octanol–water partition coefficient (Wildman–Crippen LogP) is 2.51. The molecule has 0 saturated heterocycles. The first-order chi connectivity index (χ1) is 9.74. The van der Waals surface area contributed by atoms with E-state index in [9.17, 15) is 4.39 Å². The van der Waals surface area contributed by atoms with Crippen molar-refractivity contribution in [3.63, 3.8) is 0 Å². The Hall–Kier alpha value is -1.76. The van der Waals surface area contributed by atoms with Gasteiger partial charge in [0, 0.05) is 17.9 Å². The highest BCUT2D eigenvalue weighted by Crippen LogP contribution is 2.39. The number of benzene rings is 1. The first-order valence-electron chi connectivity index (χ1n) is 6.45. The summed E-state index contributed by atoms with van der Waals surface area (Å²) >= 11 is 1.55. The number of nitrogen functional groups attached to an aromatic ring is 1. The number of nitrogens with two attached hydrogens (primary N) is 1. The van der Waals surface area contributed by atoms with Crippen molar-refractivity contribution in [1.29, 1.82) is 0 Å². The molecule has 20 heavy (non-hydrogen) atoms. The third-order valence-electron chi connectivity index (χ3n) is 2.98. The Morgan fingerprint density at radius 1 is 1.40 bits per heavy atom. The molecule has 1 saturated carbocycles. The van der Waals surface area contributed by atoms with Crippen LogP contribution in [0.15, 0.2) is 29.4 Å². The fraction of sp³-hybridized carbons (Fsp3) is 0.385. The molecule has 106 valence electrons. The molecule has 1 aliphatic rings. The topological polar surface area (TPSA) is 66.0 Å². The fourth-order valence-electron chi connectivity index (χ4n) is 1.91. The fourth-order valence-corrected chi connectivity index (χ4v) is 2.74. The summed E-state index contributed by atoms with van der Waals surface area (Å²) in [6, 6.07) is 6.58. The molecule has 3 rings (SSSR count). The largest absolute Gasteiger partial charge is 0.493 e. The average Bonchev–Trinajstić information content (AvgIpc) is 3.19. The summed E-state index contributed by atoms with van der Waals surface area (Å²) in [5.74, 6) is 1.42. The van der Waals surface area contributed by atoms with Gasteiger partial charge in [-0.15, -0.1) is 10.2 Å². The molecular formula is C13H15FN4OS. The van der Waals surface area contributed by atoms with E-state index >= 15 is 0 Å². The highest BCUT2D eigenvalue weighted by atomic mass is 32.2. The molecule has 1 aliphatic carbocycles. The highest BCUT2D eigenvalue weighted by Gasteiger charge is 2.28. The van der Waals surface area contributed by atoms with Crippen molar-refractivity contribution in [2.45, 2.75) is 24.0 Å². The lowest BCUT2D eigenvalue weighted by atomic mass is 10.3. The van der Waals surface area contributed by atoms with E-state index in [2.05, 4.69) is 10.2 Å². The molecule has 1 fully saturated rings. The van der Waals surface area contributed by atoms with Crippen LogP contribution in [-0.2, 0) is 0 Å². The second kappa shape index (κ2) is 5.70. The van der Waals surface area contributed by atoms with Gasteiger partial charge in [0.25, 0.3) is 0 Å². The van der Waals surface area contributed by atoms with Crippen LogP contribution >= 0.6 is 11.8 Å². The zero-order chi connectivity index (χ0) is 13.9. The molecule has 0 unspecified atom stereocenters. The number of aromatic nitrogens is 3. The average molecular weight is 294 g/mol. The number of ether oxygens (including phenoxy) is 1. The maximum Gasteiger partial charge on any atom is 0.222 e. The van der Waals surface area contributed by atoms with E-state index < -0.39 is 0 Å². The van der Waals surface area contributed by atoms with Gasteiger partial charge < -0.3 is 10.5 Å². The number of rotatable bonds is 6. The molecule has 1 aromatic heterocycles. The van der Waals surface area contributed by atoms with Crippen molar-refractivity contribution in [1.82, 2.24) is 14.8 Å². The van der Waals surface area contributed by atoms with E-state index in [0.29, 0.717) is 30.1 Å². The zero-order valence-corrected chi connectivity index (χ0v) is 11.6. The van der Waals surface area contributed by atoms with Gasteiger partial charge in [0.05, 0.1) is 6.61 Å². The molecule has 1 aromatic carbocycles. The molecule has 5 nitrogen and oxygen atoms in total. The Labute approximate surface area is 120 Å². The Bertz CT molecular complexity index is 600. The minimum absolute atomic E-state index is 0.295. The second-order valence-corrected chi connectivity index (χ2v) is 5.66. The van der Waals surface area contributed by atoms with Gasteiger partial charge in [0.2, 0.25) is 5.95 Å². The third-order valence-corrected chi connectivity index (χ3v) is 3.89. The van der Waals surface area contributed by atoms with E-state index in [0.717, 1.165) is 18.0 Å². The van der Waals surface area contributed by atoms with Crippen LogP contribution in [0.4, 0.5) is 10.3 Å². The van der Waals surface area contributed by atoms with Crippen LogP contribution in [0.5, 0.6) is 5.75 Å². The molecule has 7 heteroatoms. The molecule has 0 spiro atoms. The normalized spacial score (nSPS) is 14.4. The quantitative estimate of drug-likeness (QED) is 0.655. The second-order valence-electron chi connectivity index (χ2n) is 4.60. The minimum Gasteiger partial charge on any atom is -0.493 e. The Morgan fingerprint density at radius 2 is 2.25 bits per heavy atom. The van der Waals surface area contributed by atoms with Gasteiger partial charge in [0.1, 0.15) is 11.6 Å². The van der Waals surface area contributed by atoms with Gasteiger partial charge in [-0.25, -0.2) is 4.39 Å². The molecule has 1 heterocycles.